The van der Waals surface area contributed by atoms with Gasteiger partial charge in [-0.1, -0.05) is 24.3 Å². The van der Waals surface area contributed by atoms with Gasteiger partial charge in [-0.05, 0) is 10.8 Å². The largest absolute Gasteiger partial charge is 0.326 e. The summed E-state index contributed by atoms with van der Waals surface area (Å²) in [6.45, 7) is 0.477. The van der Waals surface area contributed by atoms with E-state index >= 15 is 0 Å². The summed E-state index contributed by atoms with van der Waals surface area (Å²) in [6, 6.07) is 7.73. The number of benzene rings is 1. The molecule has 0 saturated carbocycles. The summed E-state index contributed by atoms with van der Waals surface area (Å²) in [6.07, 6.45) is 0. The first-order chi connectivity index (χ1) is 6.42. The molecule has 3 N–H and O–H groups in total. The van der Waals surface area contributed by atoms with Crippen molar-refractivity contribution in [2.75, 3.05) is 0 Å². The molecule has 1 aromatic carbocycles. The molecule has 0 saturated heterocycles. The van der Waals surface area contributed by atoms with Crippen molar-refractivity contribution in [1.29, 1.82) is 0 Å². The number of nitrogens with zero attached hydrogens (tertiary/aromatic N) is 3. The second-order valence-corrected chi connectivity index (χ2v) is 2.60. The van der Waals surface area contributed by atoms with Gasteiger partial charge in [-0.3, -0.25) is 0 Å². The highest BCUT2D eigenvalue weighted by atomic mass is 15.5. The molecular weight excluding hydrogens is 166 g/mol. The number of rotatable bonds is 2. The molecular formula is C8H9N5. The zero-order valence-electron chi connectivity index (χ0n) is 6.94. The van der Waals surface area contributed by atoms with E-state index in [0.29, 0.717) is 12.4 Å². The second kappa shape index (κ2) is 3.32. The molecule has 0 bridgehead atoms. The zero-order valence-corrected chi connectivity index (χ0v) is 6.94. The maximum atomic E-state index is 5.57. The van der Waals surface area contributed by atoms with Gasteiger partial charge in [0, 0.05) is 12.1 Å². The Labute approximate surface area is 75.0 Å². The molecule has 1 heterocycles. The Balaban J connectivity index is 2.51. The number of tetrazole rings is 1. The average molecular weight is 175 g/mol. The van der Waals surface area contributed by atoms with Crippen LogP contribution < -0.4 is 5.73 Å². The molecule has 0 unspecified atom stereocenters. The summed E-state index contributed by atoms with van der Waals surface area (Å²) >= 11 is 0. The van der Waals surface area contributed by atoms with E-state index in [1.54, 1.807) is 0 Å². The quantitative estimate of drug-likeness (QED) is 0.689. The predicted molar refractivity (Wildman–Crippen MR) is 47.5 cm³/mol. The van der Waals surface area contributed by atoms with Gasteiger partial charge in [0.25, 0.3) is 0 Å². The van der Waals surface area contributed by atoms with E-state index in [0.717, 1.165) is 11.1 Å². The highest BCUT2D eigenvalue weighted by Gasteiger charge is 2.06. The lowest BCUT2D eigenvalue weighted by Gasteiger charge is -2.01. The molecule has 13 heavy (non-hydrogen) atoms. The van der Waals surface area contributed by atoms with Crippen LogP contribution in [-0.2, 0) is 6.54 Å². The molecule has 0 fully saturated rings. The summed E-state index contributed by atoms with van der Waals surface area (Å²) in [5, 5.41) is 13.7. The third-order valence-electron chi connectivity index (χ3n) is 1.82. The van der Waals surface area contributed by atoms with Crippen LogP contribution in [-0.4, -0.2) is 20.6 Å². The van der Waals surface area contributed by atoms with Crippen molar-refractivity contribution >= 4 is 0 Å². The van der Waals surface area contributed by atoms with Crippen LogP contribution in [0.3, 0.4) is 0 Å². The van der Waals surface area contributed by atoms with Crippen molar-refractivity contribution in [3.8, 4) is 11.4 Å². The molecule has 0 radical (unpaired) electrons. The fraction of sp³-hybridized carbons (Fsp3) is 0.125. The summed E-state index contributed by atoms with van der Waals surface area (Å²) in [7, 11) is 0. The number of aromatic nitrogens is 4. The summed E-state index contributed by atoms with van der Waals surface area (Å²) in [5.41, 5.74) is 7.52. The lowest BCUT2D eigenvalue weighted by atomic mass is 10.1. The number of hydrogen-bond donors (Lipinski definition) is 2. The predicted octanol–water partition coefficient (Wildman–Crippen LogP) is 0.325. The Bertz CT molecular complexity index is 381. The van der Waals surface area contributed by atoms with Gasteiger partial charge < -0.3 is 5.73 Å². The van der Waals surface area contributed by atoms with E-state index < -0.39 is 0 Å². The van der Waals surface area contributed by atoms with Crippen LogP contribution >= 0.6 is 0 Å². The fourth-order valence-electron chi connectivity index (χ4n) is 1.19. The van der Waals surface area contributed by atoms with Crippen LogP contribution in [0.2, 0.25) is 0 Å². The third kappa shape index (κ3) is 1.41. The monoisotopic (exact) mass is 175 g/mol. The zero-order chi connectivity index (χ0) is 9.10. The van der Waals surface area contributed by atoms with E-state index in [-0.39, 0.29) is 0 Å². The minimum atomic E-state index is 0.477. The summed E-state index contributed by atoms with van der Waals surface area (Å²) in [4.78, 5) is 0. The first-order valence-electron chi connectivity index (χ1n) is 3.93. The molecule has 5 nitrogen and oxygen atoms in total. The van der Waals surface area contributed by atoms with E-state index in [2.05, 4.69) is 20.6 Å². The average Bonchev–Trinajstić information content (AvgIpc) is 2.70. The molecule has 0 amide bonds. The van der Waals surface area contributed by atoms with Gasteiger partial charge in [-0.15, -0.1) is 10.2 Å². The van der Waals surface area contributed by atoms with Gasteiger partial charge in [0.05, 0.1) is 0 Å². The smallest absolute Gasteiger partial charge is 0.204 e. The van der Waals surface area contributed by atoms with Crippen LogP contribution in [0.1, 0.15) is 5.56 Å². The van der Waals surface area contributed by atoms with Crippen LogP contribution in [0.5, 0.6) is 0 Å². The second-order valence-electron chi connectivity index (χ2n) is 2.60. The van der Waals surface area contributed by atoms with Gasteiger partial charge in [0.15, 0.2) is 0 Å². The van der Waals surface area contributed by atoms with Crippen molar-refractivity contribution in [3.05, 3.63) is 29.8 Å². The molecule has 0 aliphatic rings. The number of aromatic amines is 1. The van der Waals surface area contributed by atoms with Gasteiger partial charge in [0.2, 0.25) is 5.82 Å². The minimum Gasteiger partial charge on any atom is -0.326 e. The molecule has 66 valence electrons. The van der Waals surface area contributed by atoms with Crippen LogP contribution in [0.4, 0.5) is 0 Å². The first kappa shape index (κ1) is 7.88. The number of hydrogen-bond acceptors (Lipinski definition) is 4. The molecule has 5 heteroatoms. The van der Waals surface area contributed by atoms with E-state index in [1.807, 2.05) is 24.3 Å². The first-order valence-corrected chi connectivity index (χ1v) is 3.93. The van der Waals surface area contributed by atoms with E-state index in [4.69, 9.17) is 5.73 Å². The maximum Gasteiger partial charge on any atom is 0.204 e. The van der Waals surface area contributed by atoms with Crippen LogP contribution in [0, 0.1) is 0 Å². The fourth-order valence-corrected chi connectivity index (χ4v) is 1.19. The Morgan fingerprint density at radius 1 is 1.31 bits per heavy atom. The van der Waals surface area contributed by atoms with Crippen LogP contribution in [0.25, 0.3) is 11.4 Å². The molecule has 0 aliphatic carbocycles. The highest BCUT2D eigenvalue weighted by Crippen LogP contribution is 2.17. The van der Waals surface area contributed by atoms with Gasteiger partial charge in [-0.2, -0.15) is 5.21 Å². The maximum absolute atomic E-state index is 5.57. The molecule has 0 aliphatic heterocycles. The lowest BCUT2D eigenvalue weighted by Crippen LogP contribution is -1.99. The van der Waals surface area contributed by atoms with Crippen molar-refractivity contribution in [2.24, 2.45) is 5.73 Å². The Morgan fingerprint density at radius 2 is 2.15 bits per heavy atom. The van der Waals surface area contributed by atoms with Crippen molar-refractivity contribution in [3.63, 3.8) is 0 Å². The summed E-state index contributed by atoms with van der Waals surface area (Å²) < 4.78 is 0. The van der Waals surface area contributed by atoms with Crippen molar-refractivity contribution in [1.82, 2.24) is 20.6 Å². The topological polar surface area (TPSA) is 80.5 Å². The van der Waals surface area contributed by atoms with E-state index in [9.17, 15) is 0 Å². The Morgan fingerprint density at radius 3 is 2.85 bits per heavy atom. The number of nitrogens with one attached hydrogen (secondary N) is 1. The lowest BCUT2D eigenvalue weighted by molar-refractivity contribution is 0.881. The van der Waals surface area contributed by atoms with Gasteiger partial charge >= 0.3 is 0 Å². The highest BCUT2D eigenvalue weighted by molar-refractivity contribution is 5.58. The number of nitrogens with two attached hydrogens (primary N) is 1. The molecule has 2 aromatic rings. The SMILES string of the molecule is NCc1ccccc1-c1nn[nH]n1. The molecule has 0 atom stereocenters. The molecule has 1 aromatic heterocycles. The van der Waals surface area contributed by atoms with Crippen molar-refractivity contribution in [2.45, 2.75) is 6.54 Å². The van der Waals surface area contributed by atoms with Gasteiger partial charge in [-0.25, -0.2) is 0 Å². The Kier molecular flexibility index (Phi) is 2.01. The van der Waals surface area contributed by atoms with E-state index in [1.165, 1.54) is 0 Å². The normalized spacial score (nSPS) is 10.2. The molecule has 0 spiro atoms. The van der Waals surface area contributed by atoms with Gasteiger partial charge in [0.1, 0.15) is 0 Å². The third-order valence-corrected chi connectivity index (χ3v) is 1.82. The summed E-state index contributed by atoms with van der Waals surface area (Å²) in [5.74, 6) is 0.584. The molecule has 2 rings (SSSR count). The van der Waals surface area contributed by atoms with Crippen LogP contribution in [0.15, 0.2) is 24.3 Å². The minimum absolute atomic E-state index is 0.477. The van der Waals surface area contributed by atoms with Crippen molar-refractivity contribution < 1.29 is 0 Å². The number of H-pyrrole nitrogens is 1. The Hall–Kier alpha value is -1.75. The standard InChI is InChI=1S/C8H9N5/c9-5-6-3-1-2-4-7(6)8-10-12-13-11-8/h1-4H,5,9H2,(H,10,11,12,13).